The number of benzene rings is 6. The molecule has 0 bridgehead atoms. The van der Waals surface area contributed by atoms with E-state index < -0.39 is 0 Å². The molecular formula is C38H20N2O2. The van der Waals surface area contributed by atoms with E-state index in [1.54, 1.807) is 0 Å². The van der Waals surface area contributed by atoms with Crippen LogP contribution in [0, 0.1) is 22.7 Å². The molecule has 0 N–H and O–H groups in total. The molecule has 2 aromatic heterocycles. The van der Waals surface area contributed by atoms with Crippen molar-refractivity contribution < 1.29 is 8.83 Å². The average Bonchev–Trinajstić information content (AvgIpc) is 3.62. The van der Waals surface area contributed by atoms with Crippen LogP contribution in [0.25, 0.3) is 77.3 Å². The van der Waals surface area contributed by atoms with Crippen LogP contribution < -0.4 is 0 Å². The van der Waals surface area contributed by atoms with Gasteiger partial charge in [0.05, 0.1) is 17.2 Å². The molecule has 4 heteroatoms. The lowest BCUT2D eigenvalue weighted by atomic mass is 9.86. The predicted octanol–water partition coefficient (Wildman–Crippen LogP) is 10.2. The summed E-state index contributed by atoms with van der Waals surface area (Å²) >= 11 is 0. The summed E-state index contributed by atoms with van der Waals surface area (Å²) < 4.78 is 12.5. The Balaban J connectivity index is 1.47. The van der Waals surface area contributed by atoms with Gasteiger partial charge in [0.25, 0.3) is 0 Å². The first-order valence-corrected chi connectivity index (χ1v) is 13.6. The maximum absolute atomic E-state index is 10.7. The van der Waals surface area contributed by atoms with Crippen molar-refractivity contribution in [2.24, 2.45) is 0 Å². The minimum absolute atomic E-state index is 0.535. The Kier molecular flexibility index (Phi) is 5.22. The first-order valence-electron chi connectivity index (χ1n) is 13.6. The summed E-state index contributed by atoms with van der Waals surface area (Å²) in [5.41, 5.74) is 9.12. The summed E-state index contributed by atoms with van der Waals surface area (Å²) in [6, 6.07) is 44.4. The highest BCUT2D eigenvalue weighted by Crippen LogP contribution is 2.43. The van der Waals surface area contributed by atoms with Gasteiger partial charge in [0, 0.05) is 38.2 Å². The summed E-state index contributed by atoms with van der Waals surface area (Å²) in [6.45, 7) is 0. The van der Waals surface area contributed by atoms with Crippen molar-refractivity contribution >= 4 is 43.9 Å². The van der Waals surface area contributed by atoms with Gasteiger partial charge in [0.15, 0.2) is 0 Å². The molecule has 0 unspecified atom stereocenters. The van der Waals surface area contributed by atoms with Crippen LogP contribution in [0.2, 0.25) is 0 Å². The third-order valence-electron chi connectivity index (χ3n) is 7.99. The van der Waals surface area contributed by atoms with E-state index in [0.717, 1.165) is 77.3 Å². The third-order valence-corrected chi connectivity index (χ3v) is 7.99. The molecule has 6 aromatic carbocycles. The maximum Gasteiger partial charge on any atom is 0.143 e. The largest absolute Gasteiger partial charge is 0.456 e. The topological polar surface area (TPSA) is 73.9 Å². The average molecular weight is 537 g/mol. The number of hydrogen-bond donors (Lipinski definition) is 0. The second kappa shape index (κ2) is 9.24. The molecule has 0 atom stereocenters. The number of rotatable bonds is 3. The van der Waals surface area contributed by atoms with Gasteiger partial charge < -0.3 is 8.83 Å². The molecule has 0 aliphatic carbocycles. The number of hydrogen-bond acceptors (Lipinski definition) is 4. The van der Waals surface area contributed by atoms with Gasteiger partial charge in [-0.2, -0.15) is 10.5 Å². The molecule has 0 aliphatic rings. The minimum Gasteiger partial charge on any atom is -0.456 e. The highest BCUT2D eigenvalue weighted by Gasteiger charge is 2.21. The van der Waals surface area contributed by atoms with Gasteiger partial charge in [0.2, 0.25) is 0 Å². The number of nitrogens with zero attached hydrogens (tertiary/aromatic N) is 2. The monoisotopic (exact) mass is 536 g/mol. The van der Waals surface area contributed by atoms with Crippen LogP contribution in [0.1, 0.15) is 11.1 Å². The van der Waals surface area contributed by atoms with E-state index in [9.17, 15) is 10.5 Å². The van der Waals surface area contributed by atoms with Crippen molar-refractivity contribution in [2.45, 2.75) is 0 Å². The zero-order valence-corrected chi connectivity index (χ0v) is 22.3. The number of nitriles is 2. The van der Waals surface area contributed by atoms with Gasteiger partial charge >= 0.3 is 0 Å². The quantitative estimate of drug-likeness (QED) is 0.225. The minimum atomic E-state index is 0.535. The normalized spacial score (nSPS) is 11.3. The summed E-state index contributed by atoms with van der Waals surface area (Å²) in [4.78, 5) is 0. The first kappa shape index (κ1) is 23.8. The first-order chi connectivity index (χ1) is 20.7. The summed E-state index contributed by atoms with van der Waals surface area (Å²) in [6.07, 6.45) is 0. The Bertz CT molecular complexity index is 2450. The molecule has 0 aliphatic heterocycles. The van der Waals surface area contributed by atoms with Crippen molar-refractivity contribution in [3.05, 3.63) is 132 Å². The predicted molar refractivity (Wildman–Crippen MR) is 167 cm³/mol. The van der Waals surface area contributed by atoms with Gasteiger partial charge in [-0.05, 0) is 59.2 Å². The molecule has 194 valence electrons. The number of para-hydroxylation sites is 3. The molecule has 4 nitrogen and oxygen atoms in total. The van der Waals surface area contributed by atoms with Gasteiger partial charge in [-0.15, -0.1) is 0 Å². The molecule has 42 heavy (non-hydrogen) atoms. The Morgan fingerprint density at radius 3 is 1.88 bits per heavy atom. The van der Waals surface area contributed by atoms with E-state index in [4.69, 9.17) is 8.83 Å². The van der Waals surface area contributed by atoms with Crippen molar-refractivity contribution in [2.75, 3.05) is 0 Å². The fourth-order valence-electron chi connectivity index (χ4n) is 6.04. The molecule has 2 heterocycles. The van der Waals surface area contributed by atoms with E-state index in [1.807, 2.05) is 115 Å². The van der Waals surface area contributed by atoms with E-state index in [0.29, 0.717) is 11.1 Å². The molecule has 0 spiro atoms. The zero-order chi connectivity index (χ0) is 28.2. The zero-order valence-electron chi connectivity index (χ0n) is 22.3. The van der Waals surface area contributed by atoms with Crippen molar-refractivity contribution in [3.63, 3.8) is 0 Å². The van der Waals surface area contributed by atoms with E-state index >= 15 is 0 Å². The summed E-state index contributed by atoms with van der Waals surface area (Å²) in [7, 11) is 0. The third kappa shape index (κ3) is 3.53. The van der Waals surface area contributed by atoms with E-state index in [-0.39, 0.29) is 0 Å². The lowest BCUT2D eigenvalue weighted by Crippen LogP contribution is -1.94. The van der Waals surface area contributed by atoms with Crippen molar-refractivity contribution in [3.8, 4) is 45.5 Å². The summed E-state index contributed by atoms with van der Waals surface area (Å²) in [5, 5.41) is 24.6. The van der Waals surface area contributed by atoms with E-state index in [1.165, 1.54) is 0 Å². The van der Waals surface area contributed by atoms with Crippen LogP contribution in [0.15, 0.2) is 130 Å². The molecule has 0 fully saturated rings. The van der Waals surface area contributed by atoms with Crippen LogP contribution in [-0.4, -0.2) is 0 Å². The van der Waals surface area contributed by atoms with Gasteiger partial charge in [-0.3, -0.25) is 0 Å². The number of furan rings is 2. The Morgan fingerprint density at radius 1 is 0.429 bits per heavy atom. The Hall–Kier alpha value is -6.10. The fourth-order valence-corrected chi connectivity index (χ4v) is 6.04. The molecule has 0 saturated heterocycles. The molecule has 8 aromatic rings. The molecular weight excluding hydrogens is 516 g/mol. The maximum atomic E-state index is 10.7. The van der Waals surface area contributed by atoms with Gasteiger partial charge in [-0.25, -0.2) is 0 Å². The van der Waals surface area contributed by atoms with Gasteiger partial charge in [-0.1, -0.05) is 78.9 Å². The standard InChI is InChI=1S/C38H20N2O2/c39-21-24-8-1-2-9-26(24)25-19-31(23-16-17-37-33(18-23)28-11-4-5-14-35(28)41-37)34(22-40)32(20-25)30-13-7-12-29-27-10-3-6-15-36(27)42-38(29)30/h1-20H. The lowest BCUT2D eigenvalue weighted by molar-refractivity contribution is 0.669. The lowest BCUT2D eigenvalue weighted by Gasteiger charge is -2.15. The molecule has 0 saturated carbocycles. The van der Waals surface area contributed by atoms with Crippen LogP contribution in [-0.2, 0) is 0 Å². The SMILES string of the molecule is N#Cc1ccccc1-c1cc(-c2ccc3oc4ccccc4c3c2)c(C#N)c(-c2cccc3c2oc2ccccc23)c1. The highest BCUT2D eigenvalue weighted by molar-refractivity contribution is 6.11. The molecule has 0 amide bonds. The fraction of sp³-hybridized carbons (Fsp3) is 0. The highest BCUT2D eigenvalue weighted by atomic mass is 16.3. The van der Waals surface area contributed by atoms with Gasteiger partial charge in [0.1, 0.15) is 28.4 Å². The molecule has 0 radical (unpaired) electrons. The second-order valence-electron chi connectivity index (χ2n) is 10.3. The Morgan fingerprint density at radius 2 is 1.07 bits per heavy atom. The molecule has 8 rings (SSSR count). The Labute approximate surface area is 240 Å². The smallest absolute Gasteiger partial charge is 0.143 e. The van der Waals surface area contributed by atoms with Crippen LogP contribution in [0.5, 0.6) is 0 Å². The van der Waals surface area contributed by atoms with Crippen molar-refractivity contribution in [1.82, 2.24) is 0 Å². The van der Waals surface area contributed by atoms with E-state index in [2.05, 4.69) is 18.2 Å². The van der Waals surface area contributed by atoms with Crippen LogP contribution in [0.3, 0.4) is 0 Å². The van der Waals surface area contributed by atoms with Crippen LogP contribution in [0.4, 0.5) is 0 Å². The van der Waals surface area contributed by atoms with Crippen molar-refractivity contribution in [1.29, 1.82) is 10.5 Å². The second-order valence-corrected chi connectivity index (χ2v) is 10.3. The number of fused-ring (bicyclic) bond motifs is 6. The summed E-state index contributed by atoms with van der Waals surface area (Å²) in [5.74, 6) is 0. The van der Waals surface area contributed by atoms with Crippen LogP contribution >= 0.6 is 0 Å².